The summed E-state index contributed by atoms with van der Waals surface area (Å²) in [5, 5.41) is 5.35. The molecule has 0 spiro atoms. The van der Waals surface area contributed by atoms with Gasteiger partial charge in [-0.15, -0.1) is 0 Å². The second-order valence-corrected chi connectivity index (χ2v) is 5.84. The molecule has 2 N–H and O–H groups in total. The van der Waals surface area contributed by atoms with Gasteiger partial charge in [0, 0.05) is 19.6 Å². The molecule has 1 aliphatic carbocycles. The van der Waals surface area contributed by atoms with E-state index in [0.717, 1.165) is 29.9 Å². The van der Waals surface area contributed by atoms with Crippen molar-refractivity contribution in [2.45, 2.75) is 38.6 Å². The number of hydrogen-bond acceptors (Lipinski definition) is 5. The summed E-state index contributed by atoms with van der Waals surface area (Å²) in [6, 6.07) is 0.479. The molecule has 6 nitrogen and oxygen atoms in total. The third kappa shape index (κ3) is 2.48. The lowest BCUT2D eigenvalue weighted by Gasteiger charge is -2.40. The standard InChI is InChI=1S/C15H24N6/c1-3-21(13-7-5-4-6-11(13)8-16)15-12-9-19-20(2)14(12)17-10-18-15/h9-11,13H,3-8,16H2,1-2H3. The van der Waals surface area contributed by atoms with Crippen LogP contribution in [-0.4, -0.2) is 38.9 Å². The van der Waals surface area contributed by atoms with Gasteiger partial charge in [-0.25, -0.2) is 9.97 Å². The fraction of sp³-hybridized carbons (Fsp3) is 0.667. The predicted octanol–water partition coefficient (Wildman–Crippen LogP) is 1.71. The summed E-state index contributed by atoms with van der Waals surface area (Å²) in [6.07, 6.45) is 8.50. The molecule has 2 aromatic heterocycles. The molecule has 1 fully saturated rings. The molecule has 3 rings (SSSR count). The van der Waals surface area contributed by atoms with Gasteiger partial charge in [-0.3, -0.25) is 4.68 Å². The Morgan fingerprint density at radius 2 is 2.14 bits per heavy atom. The molecule has 2 unspecified atom stereocenters. The summed E-state index contributed by atoms with van der Waals surface area (Å²) in [6.45, 7) is 3.87. The van der Waals surface area contributed by atoms with Gasteiger partial charge in [0.15, 0.2) is 5.65 Å². The van der Waals surface area contributed by atoms with E-state index in [4.69, 9.17) is 5.73 Å². The third-order valence-corrected chi connectivity index (χ3v) is 4.69. The highest BCUT2D eigenvalue weighted by molar-refractivity contribution is 5.86. The number of nitrogens with zero attached hydrogens (tertiary/aromatic N) is 5. The molecule has 0 saturated heterocycles. The van der Waals surface area contributed by atoms with E-state index in [-0.39, 0.29) is 0 Å². The molecule has 0 aromatic carbocycles. The summed E-state index contributed by atoms with van der Waals surface area (Å²) < 4.78 is 1.80. The van der Waals surface area contributed by atoms with E-state index in [1.165, 1.54) is 25.7 Å². The normalized spacial score (nSPS) is 22.6. The Kier molecular flexibility index (Phi) is 4.05. The Morgan fingerprint density at radius 3 is 2.90 bits per heavy atom. The van der Waals surface area contributed by atoms with Crippen LogP contribution in [0.15, 0.2) is 12.5 Å². The molecule has 6 heteroatoms. The maximum Gasteiger partial charge on any atom is 0.163 e. The number of rotatable bonds is 4. The fourth-order valence-corrected chi connectivity index (χ4v) is 3.59. The lowest BCUT2D eigenvalue weighted by Crippen LogP contribution is -2.45. The second-order valence-electron chi connectivity index (χ2n) is 5.84. The van der Waals surface area contributed by atoms with Crippen LogP contribution >= 0.6 is 0 Å². The minimum absolute atomic E-state index is 0.479. The molecule has 1 saturated carbocycles. The number of fused-ring (bicyclic) bond motifs is 1. The van der Waals surface area contributed by atoms with Gasteiger partial charge < -0.3 is 10.6 Å². The van der Waals surface area contributed by atoms with Crippen LogP contribution in [0.3, 0.4) is 0 Å². The average Bonchev–Trinajstić information content (AvgIpc) is 2.91. The Morgan fingerprint density at radius 1 is 1.33 bits per heavy atom. The van der Waals surface area contributed by atoms with Crippen molar-refractivity contribution < 1.29 is 0 Å². The van der Waals surface area contributed by atoms with Crippen LogP contribution in [0.2, 0.25) is 0 Å². The molecule has 1 aliphatic rings. The number of anilines is 1. The highest BCUT2D eigenvalue weighted by Gasteiger charge is 2.30. The summed E-state index contributed by atoms with van der Waals surface area (Å²) in [7, 11) is 1.92. The van der Waals surface area contributed by atoms with Crippen molar-refractivity contribution in [3.05, 3.63) is 12.5 Å². The number of aryl methyl sites for hydroxylation is 1. The SMILES string of the molecule is CCN(c1ncnc2c1cnn2C)C1CCCCC1CN. The predicted molar refractivity (Wildman–Crippen MR) is 84.1 cm³/mol. The van der Waals surface area contributed by atoms with Crippen molar-refractivity contribution in [2.24, 2.45) is 18.7 Å². The Balaban J connectivity index is 2.01. The number of nitrogens with two attached hydrogens (primary N) is 1. The van der Waals surface area contributed by atoms with Crippen molar-refractivity contribution in [3.63, 3.8) is 0 Å². The van der Waals surface area contributed by atoms with Crippen LogP contribution in [0.5, 0.6) is 0 Å². The molecule has 0 bridgehead atoms. The number of aromatic nitrogens is 4. The Hall–Kier alpha value is -1.69. The van der Waals surface area contributed by atoms with Gasteiger partial charge in [-0.1, -0.05) is 12.8 Å². The second kappa shape index (κ2) is 5.97. The molecule has 2 aromatic rings. The zero-order chi connectivity index (χ0) is 14.8. The van der Waals surface area contributed by atoms with Crippen molar-refractivity contribution in [1.82, 2.24) is 19.7 Å². The Bertz CT molecular complexity index is 607. The van der Waals surface area contributed by atoms with Gasteiger partial charge in [-0.2, -0.15) is 5.10 Å². The summed E-state index contributed by atoms with van der Waals surface area (Å²) >= 11 is 0. The summed E-state index contributed by atoms with van der Waals surface area (Å²) in [5.41, 5.74) is 6.89. The summed E-state index contributed by atoms with van der Waals surface area (Å²) in [4.78, 5) is 11.3. The lowest BCUT2D eigenvalue weighted by molar-refractivity contribution is 0.300. The fourth-order valence-electron chi connectivity index (χ4n) is 3.59. The summed E-state index contributed by atoms with van der Waals surface area (Å²) in [5.74, 6) is 1.56. The number of hydrogen-bond donors (Lipinski definition) is 1. The van der Waals surface area contributed by atoms with Gasteiger partial charge >= 0.3 is 0 Å². The molecule has 0 amide bonds. The van der Waals surface area contributed by atoms with Crippen molar-refractivity contribution in [1.29, 1.82) is 0 Å². The van der Waals surface area contributed by atoms with Crippen LogP contribution < -0.4 is 10.6 Å². The lowest BCUT2D eigenvalue weighted by atomic mass is 9.83. The monoisotopic (exact) mass is 288 g/mol. The van der Waals surface area contributed by atoms with E-state index >= 15 is 0 Å². The minimum Gasteiger partial charge on any atom is -0.353 e. The van der Waals surface area contributed by atoms with Gasteiger partial charge in [0.2, 0.25) is 0 Å². The van der Waals surface area contributed by atoms with E-state index in [9.17, 15) is 0 Å². The molecule has 2 heterocycles. The molecule has 0 aliphatic heterocycles. The highest BCUT2D eigenvalue weighted by Crippen LogP contribution is 2.32. The van der Waals surface area contributed by atoms with Crippen LogP contribution in [0, 0.1) is 5.92 Å². The van der Waals surface area contributed by atoms with E-state index < -0.39 is 0 Å². The first kappa shape index (κ1) is 14.3. The molecular formula is C15H24N6. The van der Waals surface area contributed by atoms with Crippen LogP contribution in [-0.2, 0) is 7.05 Å². The van der Waals surface area contributed by atoms with E-state index in [1.807, 2.05) is 13.2 Å². The van der Waals surface area contributed by atoms with Crippen molar-refractivity contribution >= 4 is 16.9 Å². The first-order valence-corrected chi connectivity index (χ1v) is 7.85. The van der Waals surface area contributed by atoms with Gasteiger partial charge in [-0.05, 0) is 32.2 Å². The zero-order valence-electron chi connectivity index (χ0n) is 12.9. The van der Waals surface area contributed by atoms with Gasteiger partial charge in [0.05, 0.1) is 11.6 Å². The minimum atomic E-state index is 0.479. The average molecular weight is 288 g/mol. The smallest absolute Gasteiger partial charge is 0.163 e. The molecule has 114 valence electrons. The largest absolute Gasteiger partial charge is 0.353 e. The quantitative estimate of drug-likeness (QED) is 0.927. The highest BCUT2D eigenvalue weighted by atomic mass is 15.3. The maximum absolute atomic E-state index is 6.01. The van der Waals surface area contributed by atoms with Crippen molar-refractivity contribution in [2.75, 3.05) is 18.0 Å². The topological polar surface area (TPSA) is 72.9 Å². The van der Waals surface area contributed by atoms with Gasteiger partial charge in [0.1, 0.15) is 12.1 Å². The molecular weight excluding hydrogens is 264 g/mol. The van der Waals surface area contributed by atoms with E-state index in [2.05, 4.69) is 26.9 Å². The Labute approximate surface area is 125 Å². The molecule has 0 radical (unpaired) electrons. The molecule has 2 atom stereocenters. The van der Waals surface area contributed by atoms with Crippen molar-refractivity contribution in [3.8, 4) is 0 Å². The maximum atomic E-state index is 6.01. The first-order chi connectivity index (χ1) is 10.3. The first-order valence-electron chi connectivity index (χ1n) is 7.85. The van der Waals surface area contributed by atoms with E-state index in [0.29, 0.717) is 12.0 Å². The van der Waals surface area contributed by atoms with Gasteiger partial charge in [0.25, 0.3) is 0 Å². The van der Waals surface area contributed by atoms with Crippen LogP contribution in [0.4, 0.5) is 5.82 Å². The van der Waals surface area contributed by atoms with Crippen LogP contribution in [0.1, 0.15) is 32.6 Å². The third-order valence-electron chi connectivity index (χ3n) is 4.69. The molecule has 21 heavy (non-hydrogen) atoms. The van der Waals surface area contributed by atoms with Crippen LogP contribution in [0.25, 0.3) is 11.0 Å². The van der Waals surface area contributed by atoms with E-state index in [1.54, 1.807) is 11.0 Å². The zero-order valence-corrected chi connectivity index (χ0v) is 12.9.